The maximum absolute atomic E-state index is 13.5. The molecule has 0 aliphatic heterocycles. The standard InChI is InChI=1S/C13H17FN4S/c1-2-7-18-12(8-16-17-18)11(15)9-19-13-6-4-3-5-10(13)14/h3-6,8,11H,2,7,9,15H2,1H3. The van der Waals surface area contributed by atoms with Crippen molar-refractivity contribution < 1.29 is 4.39 Å². The third-order valence-electron chi connectivity index (χ3n) is 2.72. The van der Waals surface area contributed by atoms with Gasteiger partial charge in [-0.3, -0.25) is 0 Å². The van der Waals surface area contributed by atoms with Gasteiger partial charge in [0, 0.05) is 17.2 Å². The van der Waals surface area contributed by atoms with Crippen LogP contribution in [0.3, 0.4) is 0 Å². The molecule has 4 nitrogen and oxygen atoms in total. The predicted octanol–water partition coefficient (Wildman–Crippen LogP) is 2.62. The third kappa shape index (κ3) is 3.54. The number of aryl methyl sites for hydroxylation is 1. The van der Waals surface area contributed by atoms with Crippen LogP contribution in [0.2, 0.25) is 0 Å². The molecule has 0 amide bonds. The van der Waals surface area contributed by atoms with Gasteiger partial charge >= 0.3 is 0 Å². The fraction of sp³-hybridized carbons (Fsp3) is 0.385. The summed E-state index contributed by atoms with van der Waals surface area (Å²) in [5.74, 6) is 0.387. The topological polar surface area (TPSA) is 56.7 Å². The van der Waals surface area contributed by atoms with Crippen molar-refractivity contribution in [3.8, 4) is 0 Å². The molecular weight excluding hydrogens is 263 g/mol. The van der Waals surface area contributed by atoms with Crippen LogP contribution in [-0.4, -0.2) is 20.7 Å². The first-order valence-electron chi connectivity index (χ1n) is 6.23. The maximum Gasteiger partial charge on any atom is 0.136 e. The summed E-state index contributed by atoms with van der Waals surface area (Å²) >= 11 is 1.41. The fourth-order valence-electron chi connectivity index (χ4n) is 1.77. The molecular formula is C13H17FN4S. The summed E-state index contributed by atoms with van der Waals surface area (Å²) in [7, 11) is 0. The van der Waals surface area contributed by atoms with Gasteiger partial charge in [0.15, 0.2) is 0 Å². The molecule has 0 radical (unpaired) electrons. The SMILES string of the molecule is CCCn1nncc1C(N)CSc1ccccc1F. The van der Waals surface area contributed by atoms with Gasteiger partial charge < -0.3 is 5.73 Å². The van der Waals surface area contributed by atoms with Gasteiger partial charge in [-0.25, -0.2) is 9.07 Å². The quantitative estimate of drug-likeness (QED) is 0.826. The first-order chi connectivity index (χ1) is 9.22. The van der Waals surface area contributed by atoms with E-state index in [1.165, 1.54) is 17.8 Å². The predicted molar refractivity (Wildman–Crippen MR) is 74.4 cm³/mol. The van der Waals surface area contributed by atoms with E-state index in [0.717, 1.165) is 18.7 Å². The van der Waals surface area contributed by atoms with E-state index in [1.54, 1.807) is 18.3 Å². The molecule has 1 aromatic heterocycles. The second kappa shape index (κ2) is 6.68. The highest BCUT2D eigenvalue weighted by Gasteiger charge is 2.13. The normalized spacial score (nSPS) is 12.6. The van der Waals surface area contributed by atoms with Gasteiger partial charge in [-0.05, 0) is 18.6 Å². The molecule has 0 fully saturated rings. The average Bonchev–Trinajstić information content (AvgIpc) is 2.86. The fourth-order valence-corrected chi connectivity index (χ4v) is 2.68. The van der Waals surface area contributed by atoms with Crippen molar-refractivity contribution in [1.29, 1.82) is 0 Å². The van der Waals surface area contributed by atoms with E-state index in [0.29, 0.717) is 10.6 Å². The van der Waals surface area contributed by atoms with E-state index < -0.39 is 0 Å². The molecule has 0 saturated carbocycles. The molecule has 0 bridgehead atoms. The van der Waals surface area contributed by atoms with Crippen molar-refractivity contribution in [3.05, 3.63) is 42.0 Å². The number of nitrogens with two attached hydrogens (primary N) is 1. The molecule has 0 aliphatic carbocycles. The van der Waals surface area contributed by atoms with Crippen LogP contribution in [0.25, 0.3) is 0 Å². The summed E-state index contributed by atoms with van der Waals surface area (Å²) in [6, 6.07) is 6.51. The van der Waals surface area contributed by atoms with Crippen molar-refractivity contribution in [2.45, 2.75) is 30.8 Å². The Labute approximate surface area is 116 Å². The minimum Gasteiger partial charge on any atom is -0.322 e. The Hall–Kier alpha value is -1.40. The first kappa shape index (κ1) is 14.0. The summed E-state index contributed by atoms with van der Waals surface area (Å²) in [5.41, 5.74) is 7.02. The van der Waals surface area contributed by atoms with E-state index in [4.69, 9.17) is 5.73 Å². The monoisotopic (exact) mass is 280 g/mol. The smallest absolute Gasteiger partial charge is 0.136 e. The first-order valence-corrected chi connectivity index (χ1v) is 7.22. The molecule has 1 unspecified atom stereocenters. The van der Waals surface area contributed by atoms with Crippen LogP contribution in [0.5, 0.6) is 0 Å². The van der Waals surface area contributed by atoms with Crippen LogP contribution in [-0.2, 0) is 6.54 Å². The lowest BCUT2D eigenvalue weighted by atomic mass is 10.2. The number of aromatic nitrogens is 3. The zero-order chi connectivity index (χ0) is 13.7. The summed E-state index contributed by atoms with van der Waals surface area (Å²) in [6.07, 6.45) is 2.66. The lowest BCUT2D eigenvalue weighted by Gasteiger charge is -2.12. The Morgan fingerprint density at radius 3 is 2.95 bits per heavy atom. The largest absolute Gasteiger partial charge is 0.322 e. The molecule has 0 spiro atoms. The van der Waals surface area contributed by atoms with E-state index in [2.05, 4.69) is 17.2 Å². The number of rotatable bonds is 6. The molecule has 102 valence electrons. The third-order valence-corrected chi connectivity index (χ3v) is 3.89. The van der Waals surface area contributed by atoms with Gasteiger partial charge in [0.2, 0.25) is 0 Å². The highest BCUT2D eigenvalue weighted by Crippen LogP contribution is 2.25. The van der Waals surface area contributed by atoms with Crippen LogP contribution in [0.1, 0.15) is 25.1 Å². The van der Waals surface area contributed by atoms with Gasteiger partial charge in [-0.2, -0.15) is 0 Å². The van der Waals surface area contributed by atoms with Crippen LogP contribution < -0.4 is 5.73 Å². The second-order valence-corrected chi connectivity index (χ2v) is 5.29. The lowest BCUT2D eigenvalue weighted by Crippen LogP contribution is -2.18. The Bertz CT molecular complexity index is 529. The van der Waals surface area contributed by atoms with Gasteiger partial charge in [-0.15, -0.1) is 16.9 Å². The molecule has 1 aromatic carbocycles. The van der Waals surface area contributed by atoms with Crippen LogP contribution in [0.15, 0.2) is 35.4 Å². The molecule has 2 rings (SSSR count). The number of benzene rings is 1. The Balaban J connectivity index is 1.99. The van der Waals surface area contributed by atoms with E-state index in [9.17, 15) is 4.39 Å². The molecule has 1 atom stereocenters. The highest BCUT2D eigenvalue weighted by molar-refractivity contribution is 7.99. The van der Waals surface area contributed by atoms with Gasteiger partial charge in [-0.1, -0.05) is 24.3 Å². The van der Waals surface area contributed by atoms with E-state index >= 15 is 0 Å². The van der Waals surface area contributed by atoms with Crippen molar-refractivity contribution >= 4 is 11.8 Å². The Morgan fingerprint density at radius 2 is 2.21 bits per heavy atom. The van der Waals surface area contributed by atoms with Gasteiger partial charge in [0.25, 0.3) is 0 Å². The summed E-state index contributed by atoms with van der Waals surface area (Å²) < 4.78 is 15.3. The minimum atomic E-state index is -0.208. The van der Waals surface area contributed by atoms with Crippen LogP contribution in [0.4, 0.5) is 4.39 Å². The number of nitrogens with zero attached hydrogens (tertiary/aromatic N) is 3. The van der Waals surface area contributed by atoms with E-state index in [-0.39, 0.29) is 11.9 Å². The molecule has 0 saturated heterocycles. The zero-order valence-corrected chi connectivity index (χ0v) is 11.6. The molecule has 2 N–H and O–H groups in total. The molecule has 19 heavy (non-hydrogen) atoms. The number of hydrogen-bond acceptors (Lipinski definition) is 4. The van der Waals surface area contributed by atoms with Crippen LogP contribution >= 0.6 is 11.8 Å². The maximum atomic E-state index is 13.5. The van der Waals surface area contributed by atoms with Crippen molar-refractivity contribution in [2.24, 2.45) is 5.73 Å². The molecule has 6 heteroatoms. The Kier molecular flexibility index (Phi) is 4.93. The lowest BCUT2D eigenvalue weighted by molar-refractivity contribution is 0.539. The number of hydrogen-bond donors (Lipinski definition) is 1. The molecule has 2 aromatic rings. The summed E-state index contributed by atoms with van der Waals surface area (Å²) in [6.45, 7) is 2.87. The number of thioether (sulfide) groups is 1. The van der Waals surface area contributed by atoms with Gasteiger partial charge in [0.05, 0.1) is 17.9 Å². The molecule has 0 aliphatic rings. The highest BCUT2D eigenvalue weighted by atomic mass is 32.2. The van der Waals surface area contributed by atoms with Crippen molar-refractivity contribution in [3.63, 3.8) is 0 Å². The average molecular weight is 280 g/mol. The summed E-state index contributed by atoms with van der Waals surface area (Å²) in [4.78, 5) is 0.618. The zero-order valence-electron chi connectivity index (χ0n) is 10.8. The summed E-state index contributed by atoms with van der Waals surface area (Å²) in [5, 5.41) is 7.89. The van der Waals surface area contributed by atoms with E-state index in [1.807, 2.05) is 10.7 Å². The Morgan fingerprint density at radius 1 is 1.42 bits per heavy atom. The van der Waals surface area contributed by atoms with Crippen LogP contribution in [0, 0.1) is 5.82 Å². The van der Waals surface area contributed by atoms with Crippen molar-refractivity contribution in [1.82, 2.24) is 15.0 Å². The van der Waals surface area contributed by atoms with Gasteiger partial charge in [0.1, 0.15) is 5.82 Å². The molecule has 1 heterocycles. The van der Waals surface area contributed by atoms with Crippen molar-refractivity contribution in [2.75, 3.05) is 5.75 Å². The minimum absolute atomic E-state index is 0.203. The number of halogens is 1. The second-order valence-electron chi connectivity index (χ2n) is 4.23.